The SMILES string of the molecule is Cc1nnc([C@H]2CC[C@H](NC(=O)C(=O)Nc3ccc(Cl)cn3)[C@H](NC(=O)c3nc4c(s3)CN(C)CC4)C2)s1.Cl. The van der Waals surface area contributed by atoms with Gasteiger partial charge in [-0.25, -0.2) is 9.97 Å². The fraction of sp³-hybridized carbons (Fsp3) is 0.458. The minimum atomic E-state index is -0.844. The number of carbonyl (C=O) groups excluding carboxylic acids is 3. The number of rotatable bonds is 5. The van der Waals surface area contributed by atoms with Crippen molar-refractivity contribution in [3.05, 3.63) is 48.9 Å². The van der Waals surface area contributed by atoms with Crippen LogP contribution in [0.4, 0.5) is 5.82 Å². The summed E-state index contributed by atoms with van der Waals surface area (Å²) in [7, 11) is 2.05. The lowest BCUT2D eigenvalue weighted by Crippen LogP contribution is -2.56. The maximum atomic E-state index is 13.3. The number of thiazole rings is 1. The van der Waals surface area contributed by atoms with Crippen LogP contribution in [-0.4, -0.2) is 68.5 Å². The highest BCUT2D eigenvalue weighted by molar-refractivity contribution is 7.13. The second kappa shape index (κ2) is 12.6. The van der Waals surface area contributed by atoms with Crippen LogP contribution >= 0.6 is 46.7 Å². The summed E-state index contributed by atoms with van der Waals surface area (Å²) >= 11 is 8.77. The summed E-state index contributed by atoms with van der Waals surface area (Å²) in [6.07, 6.45) is 4.05. The van der Waals surface area contributed by atoms with Crippen molar-refractivity contribution in [2.24, 2.45) is 0 Å². The lowest BCUT2D eigenvalue weighted by atomic mass is 9.82. The fourth-order valence-electron chi connectivity index (χ4n) is 4.71. The Hall–Kier alpha value is -2.71. The Labute approximate surface area is 244 Å². The molecule has 0 saturated heterocycles. The number of aromatic nitrogens is 4. The number of hydrogen-bond donors (Lipinski definition) is 3. The standard InChI is InChI=1S/C24H27ClN8O3S2.ClH/c1-12-31-32-23(37-12)13-3-5-15(27-20(34)21(35)30-19-6-4-14(25)10-26-19)17(9-13)28-22(36)24-29-16-7-8-33(2)11-18(16)38-24;/h4,6,10,13,15,17H,3,5,7-9,11H2,1-2H3,(H,27,34)(H,28,36)(H,26,30,35);1H/t13-,15-,17+;/m0./s1. The molecule has 3 aromatic heterocycles. The van der Waals surface area contributed by atoms with Crippen LogP contribution in [0.1, 0.15) is 55.6 Å². The van der Waals surface area contributed by atoms with E-state index in [9.17, 15) is 14.4 Å². The van der Waals surface area contributed by atoms with Gasteiger partial charge in [-0.1, -0.05) is 11.6 Å². The van der Waals surface area contributed by atoms with Crippen LogP contribution in [0.5, 0.6) is 0 Å². The molecule has 0 bridgehead atoms. The van der Waals surface area contributed by atoms with Gasteiger partial charge in [0.25, 0.3) is 5.91 Å². The van der Waals surface area contributed by atoms with Gasteiger partial charge >= 0.3 is 11.8 Å². The van der Waals surface area contributed by atoms with E-state index in [1.165, 1.54) is 34.9 Å². The van der Waals surface area contributed by atoms with Gasteiger partial charge in [0, 0.05) is 42.5 Å². The second-order valence-electron chi connectivity index (χ2n) is 9.52. The first-order valence-corrected chi connectivity index (χ1v) is 14.3. The zero-order valence-electron chi connectivity index (χ0n) is 21.3. The van der Waals surface area contributed by atoms with Crippen LogP contribution in [0.3, 0.4) is 0 Å². The second-order valence-corrected chi connectivity index (χ2v) is 12.3. The average molecular weight is 612 g/mol. The normalized spacial score (nSPS) is 20.8. The Bertz CT molecular complexity index is 1350. The van der Waals surface area contributed by atoms with Crippen molar-refractivity contribution in [2.45, 2.75) is 57.2 Å². The molecule has 0 spiro atoms. The summed E-state index contributed by atoms with van der Waals surface area (Å²) in [5.74, 6) is -1.62. The minimum absolute atomic E-state index is 0. The number of pyridine rings is 1. The van der Waals surface area contributed by atoms with Gasteiger partial charge in [0.15, 0.2) is 5.01 Å². The maximum Gasteiger partial charge on any atom is 0.314 e. The van der Waals surface area contributed by atoms with E-state index < -0.39 is 23.9 Å². The summed E-state index contributed by atoms with van der Waals surface area (Å²) in [6.45, 7) is 3.59. The Kier molecular flexibility index (Phi) is 9.49. The molecule has 0 radical (unpaired) electrons. The summed E-state index contributed by atoms with van der Waals surface area (Å²) in [4.78, 5) is 50.5. The first-order chi connectivity index (χ1) is 18.2. The zero-order valence-corrected chi connectivity index (χ0v) is 24.5. The molecular weight excluding hydrogens is 583 g/mol. The Morgan fingerprint density at radius 1 is 1.08 bits per heavy atom. The van der Waals surface area contributed by atoms with E-state index in [2.05, 4.69) is 41.0 Å². The Morgan fingerprint density at radius 3 is 2.62 bits per heavy atom. The zero-order chi connectivity index (χ0) is 26.8. The van der Waals surface area contributed by atoms with Crippen molar-refractivity contribution in [2.75, 3.05) is 18.9 Å². The number of amides is 3. The molecule has 1 fully saturated rings. The monoisotopic (exact) mass is 610 g/mol. The van der Waals surface area contributed by atoms with Gasteiger partial charge in [0.2, 0.25) is 0 Å². The molecule has 3 atom stereocenters. The van der Waals surface area contributed by atoms with Crippen molar-refractivity contribution >= 4 is 70.2 Å². The fourth-order valence-corrected chi connectivity index (χ4v) is 6.76. The van der Waals surface area contributed by atoms with Crippen LogP contribution < -0.4 is 16.0 Å². The number of hydrogen-bond acceptors (Lipinski definition) is 10. The average Bonchev–Trinajstić information content (AvgIpc) is 3.52. The van der Waals surface area contributed by atoms with Gasteiger partial charge in [-0.05, 0) is 45.4 Å². The number of fused-ring (bicyclic) bond motifs is 1. The van der Waals surface area contributed by atoms with Crippen molar-refractivity contribution in [1.29, 1.82) is 0 Å². The molecule has 1 saturated carbocycles. The molecule has 39 heavy (non-hydrogen) atoms. The van der Waals surface area contributed by atoms with E-state index >= 15 is 0 Å². The molecule has 1 aliphatic carbocycles. The molecule has 3 aromatic rings. The summed E-state index contributed by atoms with van der Waals surface area (Å²) in [6, 6.07) is 2.22. The van der Waals surface area contributed by atoms with Gasteiger partial charge in [-0.15, -0.1) is 45.3 Å². The minimum Gasteiger partial charge on any atom is -0.345 e. The van der Waals surface area contributed by atoms with Gasteiger partial charge in [-0.2, -0.15) is 0 Å². The first-order valence-electron chi connectivity index (χ1n) is 12.3. The molecule has 5 rings (SSSR count). The Balaban J connectivity index is 0.00000353. The largest absolute Gasteiger partial charge is 0.345 e. The van der Waals surface area contributed by atoms with E-state index in [1.54, 1.807) is 6.07 Å². The highest BCUT2D eigenvalue weighted by Crippen LogP contribution is 2.35. The molecular formula is C24H28Cl2N8O3S2. The predicted molar refractivity (Wildman–Crippen MR) is 152 cm³/mol. The third-order valence-electron chi connectivity index (χ3n) is 6.67. The lowest BCUT2D eigenvalue weighted by Gasteiger charge is -2.36. The van der Waals surface area contributed by atoms with E-state index in [0.717, 1.165) is 46.5 Å². The third kappa shape index (κ3) is 7.09. The van der Waals surface area contributed by atoms with Crippen molar-refractivity contribution in [3.63, 3.8) is 0 Å². The third-order valence-corrected chi connectivity index (χ3v) is 8.97. The van der Waals surface area contributed by atoms with Crippen LogP contribution in [0, 0.1) is 6.92 Å². The number of likely N-dealkylation sites (N-methyl/N-ethyl adjacent to an activating group) is 1. The number of nitrogens with zero attached hydrogens (tertiary/aromatic N) is 5. The van der Waals surface area contributed by atoms with E-state index in [0.29, 0.717) is 22.9 Å². The smallest absolute Gasteiger partial charge is 0.314 e. The summed E-state index contributed by atoms with van der Waals surface area (Å²) < 4.78 is 0. The first kappa shape index (κ1) is 29.3. The molecule has 3 amide bonds. The van der Waals surface area contributed by atoms with Crippen LogP contribution in [-0.2, 0) is 22.6 Å². The van der Waals surface area contributed by atoms with Gasteiger partial charge in [-0.3, -0.25) is 14.4 Å². The quantitative estimate of drug-likeness (QED) is 0.374. The van der Waals surface area contributed by atoms with E-state index in [-0.39, 0.29) is 30.0 Å². The van der Waals surface area contributed by atoms with Gasteiger partial charge < -0.3 is 20.9 Å². The molecule has 3 N–H and O–H groups in total. The van der Waals surface area contributed by atoms with Gasteiger partial charge in [0.1, 0.15) is 15.8 Å². The number of halogens is 2. The van der Waals surface area contributed by atoms with Crippen molar-refractivity contribution in [1.82, 2.24) is 35.7 Å². The highest BCUT2D eigenvalue weighted by Gasteiger charge is 2.36. The topological polar surface area (TPSA) is 142 Å². The molecule has 11 nitrogen and oxygen atoms in total. The van der Waals surface area contributed by atoms with Crippen LogP contribution in [0.15, 0.2) is 18.3 Å². The molecule has 1 aliphatic heterocycles. The number of aryl methyl sites for hydroxylation is 1. The molecule has 2 aliphatic rings. The lowest BCUT2D eigenvalue weighted by molar-refractivity contribution is -0.136. The van der Waals surface area contributed by atoms with Crippen LogP contribution in [0.25, 0.3) is 0 Å². The molecule has 4 heterocycles. The molecule has 208 valence electrons. The Morgan fingerprint density at radius 2 is 1.90 bits per heavy atom. The van der Waals surface area contributed by atoms with Crippen molar-refractivity contribution < 1.29 is 14.4 Å². The molecule has 15 heteroatoms. The number of nitrogens with one attached hydrogen (secondary N) is 3. The van der Waals surface area contributed by atoms with Gasteiger partial charge in [0.05, 0.1) is 16.8 Å². The van der Waals surface area contributed by atoms with Crippen LogP contribution in [0.2, 0.25) is 5.02 Å². The maximum absolute atomic E-state index is 13.3. The number of carbonyl (C=O) groups is 3. The number of anilines is 1. The molecule has 0 aromatic carbocycles. The summed E-state index contributed by atoms with van der Waals surface area (Å²) in [5.41, 5.74) is 0.974. The molecule has 0 unspecified atom stereocenters. The predicted octanol–water partition coefficient (Wildman–Crippen LogP) is 2.95. The van der Waals surface area contributed by atoms with E-state index in [4.69, 9.17) is 11.6 Å². The summed E-state index contributed by atoms with van der Waals surface area (Å²) in [5, 5.41) is 19.4. The highest BCUT2D eigenvalue weighted by atomic mass is 35.5. The van der Waals surface area contributed by atoms with Crippen molar-refractivity contribution in [3.8, 4) is 0 Å². The van der Waals surface area contributed by atoms with E-state index in [1.807, 2.05) is 14.0 Å².